The smallest absolute Gasteiger partial charge is 0.444 e. The Morgan fingerprint density at radius 1 is 0.884 bits per heavy atom. The molecule has 2 saturated heterocycles. The summed E-state index contributed by atoms with van der Waals surface area (Å²) in [5.41, 5.74) is 1.35. The van der Waals surface area contributed by atoms with Gasteiger partial charge < -0.3 is 19.3 Å². The second kappa shape index (κ2) is 13.6. The van der Waals surface area contributed by atoms with E-state index in [1.165, 1.54) is 12.1 Å². The molecule has 7 nitrogen and oxygen atoms in total. The van der Waals surface area contributed by atoms with Gasteiger partial charge in [0.25, 0.3) is 0 Å². The van der Waals surface area contributed by atoms with E-state index in [9.17, 15) is 22.8 Å². The Bertz CT molecular complexity index is 1210. The number of hydrogen-bond donors (Lipinski definition) is 0. The van der Waals surface area contributed by atoms with E-state index in [-0.39, 0.29) is 41.7 Å². The Kier molecular flexibility index (Phi) is 10.3. The molecule has 2 fully saturated rings. The first kappa shape index (κ1) is 32.6. The summed E-state index contributed by atoms with van der Waals surface area (Å²) in [6, 6.07) is 15.8. The first-order valence-electron chi connectivity index (χ1n) is 15.1. The zero-order valence-electron chi connectivity index (χ0n) is 25.8. The van der Waals surface area contributed by atoms with Gasteiger partial charge >= 0.3 is 12.5 Å². The Hall–Kier alpha value is -3.27. The summed E-state index contributed by atoms with van der Waals surface area (Å²) < 4.78 is 47.8. The number of piperazine rings is 1. The number of benzene rings is 2. The summed E-state index contributed by atoms with van der Waals surface area (Å²) in [6.45, 7) is 12.8. The van der Waals surface area contributed by atoms with Crippen molar-refractivity contribution in [3.05, 3.63) is 65.7 Å². The standard InChI is InChI=1S/C33H44F3N3O4/c1-23(2)28-22-38(30(25-9-7-6-8-10-25)26-11-13-27(14-12-26)42-33(34,35)36)19-20-39(28)29(40)21-24-15-17-37(18-16-24)31(41)43-32(3,4)5/h6-14,23-24,28,30H,15-22H2,1-5H3. The van der Waals surface area contributed by atoms with Crippen molar-refractivity contribution in [2.75, 3.05) is 32.7 Å². The number of nitrogens with zero attached hydrogens (tertiary/aromatic N) is 3. The van der Waals surface area contributed by atoms with Crippen LogP contribution < -0.4 is 4.74 Å². The lowest BCUT2D eigenvalue weighted by molar-refractivity contribution is -0.274. The molecule has 0 N–H and O–H groups in total. The topological polar surface area (TPSA) is 62.3 Å². The van der Waals surface area contributed by atoms with Crippen molar-refractivity contribution in [2.24, 2.45) is 11.8 Å². The van der Waals surface area contributed by atoms with E-state index in [2.05, 4.69) is 23.5 Å². The van der Waals surface area contributed by atoms with Gasteiger partial charge in [-0.15, -0.1) is 13.2 Å². The van der Waals surface area contributed by atoms with Crippen LogP contribution in [0.1, 0.15) is 71.0 Å². The van der Waals surface area contributed by atoms with Gasteiger partial charge in [0.05, 0.1) is 6.04 Å². The summed E-state index contributed by atoms with van der Waals surface area (Å²) in [7, 11) is 0. The second-order valence-electron chi connectivity index (χ2n) is 12.9. The van der Waals surface area contributed by atoms with E-state index < -0.39 is 12.0 Å². The second-order valence-corrected chi connectivity index (χ2v) is 12.9. The molecular formula is C33H44F3N3O4. The molecule has 2 unspecified atom stereocenters. The van der Waals surface area contributed by atoms with Gasteiger partial charge in [0.2, 0.25) is 5.91 Å². The normalized spacial score (nSPS) is 19.8. The van der Waals surface area contributed by atoms with E-state index in [0.29, 0.717) is 39.1 Å². The highest BCUT2D eigenvalue weighted by atomic mass is 19.4. The number of hydrogen-bond acceptors (Lipinski definition) is 5. The first-order valence-corrected chi connectivity index (χ1v) is 15.1. The van der Waals surface area contributed by atoms with Gasteiger partial charge in [-0.1, -0.05) is 56.3 Å². The van der Waals surface area contributed by atoms with E-state index >= 15 is 0 Å². The summed E-state index contributed by atoms with van der Waals surface area (Å²) in [5, 5.41) is 0. The fourth-order valence-electron chi connectivity index (χ4n) is 6.06. The van der Waals surface area contributed by atoms with Crippen molar-refractivity contribution in [3.8, 4) is 5.75 Å². The van der Waals surface area contributed by atoms with Gasteiger partial charge in [0, 0.05) is 45.2 Å². The number of halogens is 3. The molecule has 2 aromatic carbocycles. The number of piperidine rings is 1. The monoisotopic (exact) mass is 603 g/mol. The predicted molar refractivity (Wildman–Crippen MR) is 158 cm³/mol. The molecule has 4 rings (SSSR count). The molecule has 0 aromatic heterocycles. The molecule has 2 heterocycles. The molecule has 2 aromatic rings. The third-order valence-corrected chi connectivity index (χ3v) is 8.18. The zero-order chi connectivity index (χ0) is 31.4. The molecule has 2 amide bonds. The Labute approximate surface area is 252 Å². The average molecular weight is 604 g/mol. The van der Waals surface area contributed by atoms with Crippen LogP contribution in [0.15, 0.2) is 54.6 Å². The van der Waals surface area contributed by atoms with Crippen LogP contribution in [0.3, 0.4) is 0 Å². The van der Waals surface area contributed by atoms with Gasteiger partial charge in [-0.05, 0) is 68.7 Å². The molecule has 2 aliphatic heterocycles. The molecule has 0 aliphatic carbocycles. The summed E-state index contributed by atoms with van der Waals surface area (Å²) in [6.07, 6.45) is -3.07. The molecule has 0 bridgehead atoms. The summed E-state index contributed by atoms with van der Waals surface area (Å²) >= 11 is 0. The number of ether oxygens (including phenoxy) is 2. The van der Waals surface area contributed by atoms with Crippen LogP contribution in [0.4, 0.5) is 18.0 Å². The molecule has 0 saturated carbocycles. The van der Waals surface area contributed by atoms with E-state index in [4.69, 9.17) is 4.74 Å². The maximum atomic E-state index is 13.6. The van der Waals surface area contributed by atoms with Crippen LogP contribution in [-0.2, 0) is 9.53 Å². The van der Waals surface area contributed by atoms with Gasteiger partial charge in [-0.3, -0.25) is 9.69 Å². The van der Waals surface area contributed by atoms with Crippen molar-refractivity contribution in [3.63, 3.8) is 0 Å². The third kappa shape index (κ3) is 9.11. The lowest BCUT2D eigenvalue weighted by Gasteiger charge is -2.47. The largest absolute Gasteiger partial charge is 0.573 e. The molecular weight excluding hydrogens is 559 g/mol. The summed E-state index contributed by atoms with van der Waals surface area (Å²) in [5.74, 6) is 0.306. The van der Waals surface area contributed by atoms with Gasteiger partial charge in [-0.2, -0.15) is 0 Å². The fourth-order valence-corrected chi connectivity index (χ4v) is 6.06. The molecule has 0 spiro atoms. The number of carbonyl (C=O) groups excluding carboxylic acids is 2. The minimum Gasteiger partial charge on any atom is -0.444 e. The first-order chi connectivity index (χ1) is 20.2. The van der Waals surface area contributed by atoms with Crippen molar-refractivity contribution < 1.29 is 32.2 Å². The van der Waals surface area contributed by atoms with Gasteiger partial charge in [0.15, 0.2) is 0 Å². The highest BCUT2D eigenvalue weighted by molar-refractivity contribution is 5.77. The molecule has 10 heteroatoms. The van der Waals surface area contributed by atoms with Crippen LogP contribution in [0, 0.1) is 11.8 Å². The number of alkyl halides is 3. The SMILES string of the molecule is CC(C)C1CN(C(c2ccccc2)c2ccc(OC(F)(F)F)cc2)CCN1C(=O)CC1CCN(C(=O)OC(C)(C)C)CC1. The van der Waals surface area contributed by atoms with Crippen LogP contribution in [0.2, 0.25) is 0 Å². The maximum absolute atomic E-state index is 13.6. The van der Waals surface area contributed by atoms with E-state index in [1.54, 1.807) is 17.0 Å². The third-order valence-electron chi connectivity index (χ3n) is 8.18. The van der Waals surface area contributed by atoms with Crippen LogP contribution in [0.25, 0.3) is 0 Å². The maximum Gasteiger partial charge on any atom is 0.573 e. The van der Waals surface area contributed by atoms with Gasteiger partial charge in [-0.25, -0.2) is 4.79 Å². The Morgan fingerprint density at radius 2 is 1.49 bits per heavy atom. The zero-order valence-corrected chi connectivity index (χ0v) is 25.8. The number of amides is 2. The molecule has 2 aliphatic rings. The minimum absolute atomic E-state index is 0.0119. The van der Waals surface area contributed by atoms with Crippen LogP contribution in [0.5, 0.6) is 5.75 Å². The number of likely N-dealkylation sites (tertiary alicyclic amines) is 1. The fraction of sp³-hybridized carbons (Fsp3) is 0.576. The quantitative estimate of drug-likeness (QED) is 0.345. The Balaban J connectivity index is 1.43. The lowest BCUT2D eigenvalue weighted by atomic mass is 9.90. The highest BCUT2D eigenvalue weighted by Gasteiger charge is 2.37. The number of rotatable bonds is 7. The van der Waals surface area contributed by atoms with Gasteiger partial charge in [0.1, 0.15) is 11.4 Å². The molecule has 43 heavy (non-hydrogen) atoms. The van der Waals surface area contributed by atoms with Crippen molar-refractivity contribution >= 4 is 12.0 Å². The predicted octanol–water partition coefficient (Wildman–Crippen LogP) is 6.88. The molecule has 2 atom stereocenters. The lowest BCUT2D eigenvalue weighted by Crippen LogP contribution is -2.58. The van der Waals surface area contributed by atoms with Crippen LogP contribution >= 0.6 is 0 Å². The average Bonchev–Trinajstić information content (AvgIpc) is 2.93. The van der Waals surface area contributed by atoms with Crippen molar-refractivity contribution in [2.45, 2.75) is 77.9 Å². The van der Waals surface area contributed by atoms with Crippen LogP contribution in [-0.4, -0.2) is 77.4 Å². The van der Waals surface area contributed by atoms with Crippen molar-refractivity contribution in [1.29, 1.82) is 0 Å². The van der Waals surface area contributed by atoms with Crippen molar-refractivity contribution in [1.82, 2.24) is 14.7 Å². The summed E-state index contributed by atoms with van der Waals surface area (Å²) in [4.78, 5) is 32.2. The van der Waals surface area contributed by atoms with E-state index in [1.807, 2.05) is 56.0 Å². The minimum atomic E-state index is -4.75. The molecule has 236 valence electrons. The Morgan fingerprint density at radius 3 is 2.05 bits per heavy atom. The highest BCUT2D eigenvalue weighted by Crippen LogP contribution is 2.34. The molecule has 0 radical (unpaired) electrons. The number of carbonyl (C=O) groups is 2. The van der Waals surface area contributed by atoms with E-state index in [0.717, 1.165) is 24.0 Å².